The Morgan fingerprint density at radius 3 is 2.69 bits per heavy atom. The van der Waals surface area contributed by atoms with Gasteiger partial charge >= 0.3 is 6.09 Å². The molecule has 88 valence electrons. The minimum absolute atomic E-state index is 0.454. The van der Waals surface area contributed by atoms with E-state index in [0.29, 0.717) is 11.5 Å². The SMILES string of the molecule is NC(=O)OC(N)C1Oc2c[nH]cc2OC1N. The number of amides is 1. The average molecular weight is 228 g/mol. The van der Waals surface area contributed by atoms with Crippen molar-refractivity contribution in [3.05, 3.63) is 12.4 Å². The van der Waals surface area contributed by atoms with E-state index in [9.17, 15) is 4.79 Å². The number of rotatable bonds is 2. The molecule has 3 atom stereocenters. The van der Waals surface area contributed by atoms with E-state index in [2.05, 4.69) is 9.72 Å². The van der Waals surface area contributed by atoms with Crippen LogP contribution in [0.25, 0.3) is 0 Å². The highest BCUT2D eigenvalue weighted by Gasteiger charge is 2.36. The standard InChI is InChI=1S/C8H12N4O4/c9-6-5(7(10)16-8(11)13)14-3-1-12-2-4(3)15-6/h1-2,5-7,12H,9-10H2,(H2,11,13). The van der Waals surface area contributed by atoms with Crippen molar-refractivity contribution in [3.8, 4) is 11.5 Å². The Labute approximate surface area is 90.6 Å². The second-order valence-corrected chi connectivity index (χ2v) is 3.25. The lowest BCUT2D eigenvalue weighted by Gasteiger charge is -2.32. The maximum atomic E-state index is 10.5. The number of H-pyrrole nitrogens is 1. The quantitative estimate of drug-likeness (QED) is 0.470. The summed E-state index contributed by atoms with van der Waals surface area (Å²) in [5, 5.41) is 0. The summed E-state index contributed by atoms with van der Waals surface area (Å²) in [5.74, 6) is 0.935. The van der Waals surface area contributed by atoms with E-state index in [1.807, 2.05) is 0 Å². The molecule has 3 unspecified atom stereocenters. The minimum atomic E-state index is -1.09. The first-order valence-corrected chi connectivity index (χ1v) is 4.55. The Morgan fingerprint density at radius 1 is 1.44 bits per heavy atom. The van der Waals surface area contributed by atoms with Crippen molar-refractivity contribution in [1.29, 1.82) is 0 Å². The normalized spacial score (nSPS) is 24.9. The highest BCUT2D eigenvalue weighted by Crippen LogP contribution is 2.32. The Morgan fingerprint density at radius 2 is 2.06 bits per heavy atom. The third-order valence-corrected chi connectivity index (χ3v) is 2.10. The number of ether oxygens (including phenoxy) is 3. The average Bonchev–Trinajstić information content (AvgIpc) is 2.61. The van der Waals surface area contributed by atoms with Gasteiger partial charge in [0.2, 0.25) is 0 Å². The van der Waals surface area contributed by atoms with Crippen LogP contribution in [0, 0.1) is 0 Å². The van der Waals surface area contributed by atoms with Crippen molar-refractivity contribution in [2.24, 2.45) is 17.2 Å². The van der Waals surface area contributed by atoms with Crippen molar-refractivity contribution in [1.82, 2.24) is 4.98 Å². The van der Waals surface area contributed by atoms with Crippen LogP contribution in [-0.2, 0) is 4.74 Å². The summed E-state index contributed by atoms with van der Waals surface area (Å²) in [6, 6.07) is 0. The van der Waals surface area contributed by atoms with Gasteiger partial charge in [-0.2, -0.15) is 0 Å². The molecule has 1 aromatic heterocycles. The second kappa shape index (κ2) is 3.91. The van der Waals surface area contributed by atoms with E-state index in [1.165, 1.54) is 0 Å². The van der Waals surface area contributed by atoms with Crippen LogP contribution >= 0.6 is 0 Å². The highest BCUT2D eigenvalue weighted by atomic mass is 16.6. The summed E-state index contributed by atoms with van der Waals surface area (Å²) in [6.07, 6.45) is -0.566. The van der Waals surface area contributed by atoms with E-state index in [0.717, 1.165) is 0 Å². The summed E-state index contributed by atoms with van der Waals surface area (Å²) in [4.78, 5) is 13.3. The first-order chi connectivity index (χ1) is 7.58. The molecule has 0 spiro atoms. The topological polar surface area (TPSA) is 139 Å². The lowest BCUT2D eigenvalue weighted by atomic mass is 10.2. The van der Waals surface area contributed by atoms with Gasteiger partial charge in [0.1, 0.15) is 0 Å². The maximum Gasteiger partial charge on any atom is 0.406 e. The Hall–Kier alpha value is -1.93. The van der Waals surface area contributed by atoms with Crippen LogP contribution < -0.4 is 26.7 Å². The van der Waals surface area contributed by atoms with Gasteiger partial charge in [0.05, 0.1) is 0 Å². The zero-order chi connectivity index (χ0) is 11.7. The van der Waals surface area contributed by atoms with E-state index in [-0.39, 0.29) is 0 Å². The largest absolute Gasteiger partial charge is 0.474 e. The van der Waals surface area contributed by atoms with Crippen molar-refractivity contribution in [3.63, 3.8) is 0 Å². The molecule has 0 radical (unpaired) electrons. The van der Waals surface area contributed by atoms with Crippen LogP contribution in [-0.4, -0.2) is 29.6 Å². The van der Waals surface area contributed by atoms with Crippen molar-refractivity contribution < 1.29 is 19.0 Å². The molecule has 1 amide bonds. The fourth-order valence-electron chi connectivity index (χ4n) is 1.40. The third-order valence-electron chi connectivity index (χ3n) is 2.10. The lowest BCUT2D eigenvalue weighted by molar-refractivity contribution is -0.0520. The summed E-state index contributed by atoms with van der Waals surface area (Å²) in [6.45, 7) is 0. The number of fused-ring (bicyclic) bond motifs is 1. The van der Waals surface area contributed by atoms with Gasteiger partial charge in [-0.15, -0.1) is 0 Å². The van der Waals surface area contributed by atoms with Gasteiger partial charge in [-0.25, -0.2) is 4.79 Å². The van der Waals surface area contributed by atoms with Crippen LogP contribution in [0.5, 0.6) is 11.5 Å². The highest BCUT2D eigenvalue weighted by molar-refractivity contribution is 5.64. The number of hydrogen-bond donors (Lipinski definition) is 4. The predicted molar refractivity (Wildman–Crippen MR) is 52.5 cm³/mol. The number of primary amides is 1. The van der Waals surface area contributed by atoms with E-state index >= 15 is 0 Å². The van der Waals surface area contributed by atoms with Crippen molar-refractivity contribution in [2.45, 2.75) is 18.6 Å². The number of carbonyl (C=O) groups excluding carboxylic acids is 1. The molecule has 7 N–H and O–H groups in total. The van der Waals surface area contributed by atoms with E-state index < -0.39 is 24.7 Å². The molecular formula is C8H12N4O4. The van der Waals surface area contributed by atoms with Gasteiger partial charge in [0.25, 0.3) is 0 Å². The molecule has 0 saturated heterocycles. The Bertz CT molecular complexity index is 393. The zero-order valence-electron chi connectivity index (χ0n) is 8.25. The third kappa shape index (κ3) is 1.88. The predicted octanol–water partition coefficient (Wildman–Crippen LogP) is -1.18. The molecule has 2 rings (SSSR count). The Kier molecular flexibility index (Phi) is 2.59. The van der Waals surface area contributed by atoms with Gasteiger partial charge < -0.3 is 24.9 Å². The van der Waals surface area contributed by atoms with Gasteiger partial charge in [-0.1, -0.05) is 0 Å². The molecule has 0 aromatic carbocycles. The molecule has 0 fully saturated rings. The van der Waals surface area contributed by atoms with Crippen molar-refractivity contribution >= 4 is 6.09 Å². The smallest absolute Gasteiger partial charge is 0.406 e. The van der Waals surface area contributed by atoms with Crippen LogP contribution in [0.3, 0.4) is 0 Å². The maximum absolute atomic E-state index is 10.5. The lowest BCUT2D eigenvalue weighted by Crippen LogP contribution is -2.56. The fraction of sp³-hybridized carbons (Fsp3) is 0.375. The number of aromatic amines is 1. The number of carbonyl (C=O) groups is 1. The van der Waals surface area contributed by atoms with Crippen molar-refractivity contribution in [2.75, 3.05) is 0 Å². The van der Waals surface area contributed by atoms with Crippen LogP contribution in [0.15, 0.2) is 12.4 Å². The first-order valence-electron chi connectivity index (χ1n) is 4.55. The van der Waals surface area contributed by atoms with E-state index in [4.69, 9.17) is 26.7 Å². The molecule has 2 heterocycles. The van der Waals surface area contributed by atoms with E-state index in [1.54, 1.807) is 12.4 Å². The Balaban J connectivity index is 2.10. The monoisotopic (exact) mass is 228 g/mol. The molecular weight excluding hydrogens is 216 g/mol. The van der Waals surface area contributed by atoms with Crippen LogP contribution in [0.2, 0.25) is 0 Å². The number of hydrogen-bond acceptors (Lipinski definition) is 6. The molecule has 0 bridgehead atoms. The van der Waals surface area contributed by atoms with Gasteiger partial charge in [0, 0.05) is 12.4 Å². The zero-order valence-corrected chi connectivity index (χ0v) is 8.25. The minimum Gasteiger partial charge on any atom is -0.474 e. The van der Waals surface area contributed by atoms with Crippen LogP contribution in [0.4, 0.5) is 4.79 Å². The molecule has 1 aliphatic heterocycles. The number of nitrogens with two attached hydrogens (primary N) is 3. The second-order valence-electron chi connectivity index (χ2n) is 3.25. The first kappa shape index (κ1) is 10.6. The summed E-state index contributed by atoms with van der Waals surface area (Å²) < 4.78 is 15.3. The number of nitrogens with one attached hydrogen (secondary N) is 1. The molecule has 0 aliphatic carbocycles. The molecule has 16 heavy (non-hydrogen) atoms. The molecule has 8 nitrogen and oxygen atoms in total. The molecule has 1 aliphatic rings. The van der Waals surface area contributed by atoms with Crippen LogP contribution in [0.1, 0.15) is 0 Å². The fourth-order valence-corrected chi connectivity index (χ4v) is 1.40. The summed E-state index contributed by atoms with van der Waals surface area (Å²) in [5.41, 5.74) is 16.0. The molecule has 0 saturated carbocycles. The van der Waals surface area contributed by atoms with Gasteiger partial charge in [-0.3, -0.25) is 11.5 Å². The molecule has 8 heteroatoms. The number of aromatic nitrogens is 1. The molecule has 1 aromatic rings. The van der Waals surface area contributed by atoms with Gasteiger partial charge in [0.15, 0.2) is 30.1 Å². The summed E-state index contributed by atoms with van der Waals surface area (Å²) >= 11 is 0. The summed E-state index contributed by atoms with van der Waals surface area (Å²) in [7, 11) is 0. The van der Waals surface area contributed by atoms with Gasteiger partial charge in [-0.05, 0) is 0 Å².